The zero-order valence-corrected chi connectivity index (χ0v) is 18.3. The van der Waals surface area contributed by atoms with E-state index in [1.807, 2.05) is 55.5 Å². The Balaban J connectivity index is 1.51. The van der Waals surface area contributed by atoms with Crippen LogP contribution in [0.25, 0.3) is 0 Å². The van der Waals surface area contributed by atoms with Gasteiger partial charge in [-0.2, -0.15) is 0 Å². The lowest BCUT2D eigenvalue weighted by Crippen LogP contribution is -2.34. The predicted molar refractivity (Wildman–Crippen MR) is 128 cm³/mol. The molecule has 0 aromatic heterocycles. The van der Waals surface area contributed by atoms with Crippen molar-refractivity contribution in [3.05, 3.63) is 90.0 Å². The van der Waals surface area contributed by atoms with Gasteiger partial charge in [0, 0.05) is 23.7 Å². The fraction of sp³-hybridized carbons (Fsp3) is 0.200. The summed E-state index contributed by atoms with van der Waals surface area (Å²) in [5.74, 6) is 1.10. The number of hydrogen-bond acceptors (Lipinski definition) is 4. The van der Waals surface area contributed by atoms with E-state index < -0.39 is 0 Å². The van der Waals surface area contributed by atoms with Crippen LogP contribution in [-0.2, 0) is 6.42 Å². The van der Waals surface area contributed by atoms with Crippen LogP contribution in [0.5, 0.6) is 11.5 Å². The van der Waals surface area contributed by atoms with Gasteiger partial charge in [-0.05, 0) is 54.5 Å². The van der Waals surface area contributed by atoms with E-state index in [9.17, 15) is 4.79 Å². The van der Waals surface area contributed by atoms with Crippen molar-refractivity contribution >= 4 is 28.9 Å². The van der Waals surface area contributed by atoms with Crippen molar-refractivity contribution < 1.29 is 14.3 Å². The maximum Gasteiger partial charge on any atom is 0.257 e. The molecule has 0 aliphatic heterocycles. The van der Waals surface area contributed by atoms with Crippen molar-refractivity contribution in [3.8, 4) is 11.5 Å². The third kappa shape index (κ3) is 7.42. The lowest BCUT2D eigenvalue weighted by molar-refractivity contribution is 0.0977. The van der Waals surface area contributed by atoms with Crippen LogP contribution in [-0.4, -0.2) is 24.2 Å². The van der Waals surface area contributed by atoms with Gasteiger partial charge in [-0.25, -0.2) is 0 Å². The Morgan fingerprint density at radius 3 is 2.35 bits per heavy atom. The van der Waals surface area contributed by atoms with Gasteiger partial charge in [0.05, 0.1) is 13.2 Å². The van der Waals surface area contributed by atoms with Crippen LogP contribution in [0, 0.1) is 0 Å². The molecule has 0 saturated heterocycles. The highest BCUT2D eigenvalue weighted by Gasteiger charge is 2.09. The summed E-state index contributed by atoms with van der Waals surface area (Å²) in [5.41, 5.74) is 2.45. The molecule has 2 N–H and O–H groups in total. The molecule has 0 atom stereocenters. The number of thiocarbonyl (C=S) groups is 1. The first-order valence-electron chi connectivity index (χ1n) is 10.3. The molecule has 0 bridgehead atoms. The van der Waals surface area contributed by atoms with Crippen molar-refractivity contribution in [3.63, 3.8) is 0 Å². The summed E-state index contributed by atoms with van der Waals surface area (Å²) in [6, 6.07) is 24.7. The third-order valence-corrected chi connectivity index (χ3v) is 4.59. The van der Waals surface area contributed by atoms with Crippen LogP contribution >= 0.6 is 12.2 Å². The van der Waals surface area contributed by atoms with E-state index in [1.165, 1.54) is 5.56 Å². The van der Waals surface area contributed by atoms with Gasteiger partial charge in [-0.3, -0.25) is 10.1 Å². The van der Waals surface area contributed by atoms with Gasteiger partial charge < -0.3 is 14.8 Å². The summed E-state index contributed by atoms with van der Waals surface area (Å²) in [4.78, 5) is 12.5. The normalized spacial score (nSPS) is 10.2. The third-order valence-electron chi connectivity index (χ3n) is 4.39. The Morgan fingerprint density at radius 1 is 0.871 bits per heavy atom. The average Bonchev–Trinajstić information content (AvgIpc) is 2.79. The van der Waals surface area contributed by atoms with E-state index in [4.69, 9.17) is 21.7 Å². The maximum absolute atomic E-state index is 12.5. The largest absolute Gasteiger partial charge is 0.494 e. The topological polar surface area (TPSA) is 59.6 Å². The molecule has 0 spiro atoms. The zero-order valence-electron chi connectivity index (χ0n) is 17.5. The number of benzene rings is 3. The van der Waals surface area contributed by atoms with E-state index in [1.54, 1.807) is 18.2 Å². The van der Waals surface area contributed by atoms with Gasteiger partial charge >= 0.3 is 0 Å². The van der Waals surface area contributed by atoms with Crippen molar-refractivity contribution in [2.75, 3.05) is 18.5 Å². The van der Waals surface area contributed by atoms with Crippen LogP contribution in [0.15, 0.2) is 78.9 Å². The lowest BCUT2D eigenvalue weighted by atomic mass is 10.2. The summed E-state index contributed by atoms with van der Waals surface area (Å²) < 4.78 is 11.4. The average molecular weight is 435 g/mol. The minimum Gasteiger partial charge on any atom is -0.494 e. The number of amides is 1. The molecule has 0 saturated carbocycles. The van der Waals surface area contributed by atoms with Crippen molar-refractivity contribution in [2.24, 2.45) is 0 Å². The summed E-state index contributed by atoms with van der Waals surface area (Å²) >= 11 is 5.29. The minimum atomic E-state index is -0.297. The quantitative estimate of drug-likeness (QED) is 0.452. The summed E-state index contributed by atoms with van der Waals surface area (Å²) in [6.45, 7) is 3.21. The second kappa shape index (κ2) is 11.7. The molecule has 1 amide bonds. The van der Waals surface area contributed by atoms with E-state index in [-0.39, 0.29) is 11.0 Å². The summed E-state index contributed by atoms with van der Waals surface area (Å²) in [5, 5.41) is 5.94. The molecule has 160 valence electrons. The number of carbonyl (C=O) groups is 1. The summed E-state index contributed by atoms with van der Waals surface area (Å²) in [7, 11) is 0. The number of rotatable bonds is 9. The first-order valence-corrected chi connectivity index (χ1v) is 10.7. The van der Waals surface area contributed by atoms with Crippen LogP contribution < -0.4 is 20.1 Å². The van der Waals surface area contributed by atoms with E-state index in [2.05, 4.69) is 22.8 Å². The molecule has 5 nitrogen and oxygen atoms in total. The first-order chi connectivity index (χ1) is 15.1. The number of hydrogen-bond donors (Lipinski definition) is 2. The van der Waals surface area contributed by atoms with Crippen molar-refractivity contribution in [1.82, 2.24) is 5.32 Å². The Bertz CT molecular complexity index is 1010. The molecular weight excluding hydrogens is 408 g/mol. The van der Waals surface area contributed by atoms with Crippen LogP contribution in [0.3, 0.4) is 0 Å². The molecule has 0 aliphatic carbocycles. The van der Waals surface area contributed by atoms with Crippen LogP contribution in [0.4, 0.5) is 5.69 Å². The molecular formula is C25H26N2O3S. The Labute approximate surface area is 188 Å². The highest BCUT2D eigenvalue weighted by Crippen LogP contribution is 2.18. The molecule has 3 aromatic carbocycles. The van der Waals surface area contributed by atoms with Gasteiger partial charge in [-0.15, -0.1) is 0 Å². The highest BCUT2D eigenvalue weighted by molar-refractivity contribution is 7.80. The molecule has 0 radical (unpaired) electrons. The SMILES string of the molecule is CCCOc1cccc(C(=O)NC(=S)Nc2cccc(OCCc3ccccc3)c2)c1. The highest BCUT2D eigenvalue weighted by atomic mass is 32.1. The predicted octanol–water partition coefficient (Wildman–Crippen LogP) is 5.22. The fourth-order valence-electron chi connectivity index (χ4n) is 2.88. The van der Waals surface area contributed by atoms with E-state index in [0.717, 1.165) is 24.3 Å². The fourth-order valence-corrected chi connectivity index (χ4v) is 3.09. The van der Waals surface area contributed by atoms with E-state index >= 15 is 0 Å². The monoisotopic (exact) mass is 434 g/mol. The van der Waals surface area contributed by atoms with Gasteiger partial charge in [-0.1, -0.05) is 49.4 Å². The van der Waals surface area contributed by atoms with Crippen LogP contribution in [0.1, 0.15) is 29.3 Å². The smallest absolute Gasteiger partial charge is 0.257 e. The molecule has 0 fully saturated rings. The molecule has 6 heteroatoms. The van der Waals surface area contributed by atoms with Crippen molar-refractivity contribution in [2.45, 2.75) is 19.8 Å². The van der Waals surface area contributed by atoms with Gasteiger partial charge in [0.15, 0.2) is 5.11 Å². The number of anilines is 1. The number of ether oxygens (including phenoxy) is 2. The Hall–Kier alpha value is -3.38. The minimum absolute atomic E-state index is 0.214. The number of nitrogens with one attached hydrogen (secondary N) is 2. The van der Waals surface area contributed by atoms with Gasteiger partial charge in [0.25, 0.3) is 5.91 Å². The molecule has 0 aliphatic rings. The Morgan fingerprint density at radius 2 is 1.58 bits per heavy atom. The molecule has 31 heavy (non-hydrogen) atoms. The molecule has 0 unspecified atom stereocenters. The molecule has 3 aromatic rings. The molecule has 0 heterocycles. The maximum atomic E-state index is 12.5. The zero-order chi connectivity index (χ0) is 21.9. The first kappa shape index (κ1) is 22.3. The Kier molecular flexibility index (Phi) is 8.43. The number of carbonyl (C=O) groups excluding carboxylic acids is 1. The second-order valence-electron chi connectivity index (χ2n) is 6.90. The van der Waals surface area contributed by atoms with Crippen LogP contribution in [0.2, 0.25) is 0 Å². The van der Waals surface area contributed by atoms with Gasteiger partial charge in [0.2, 0.25) is 0 Å². The van der Waals surface area contributed by atoms with E-state index in [0.29, 0.717) is 24.5 Å². The second-order valence-corrected chi connectivity index (χ2v) is 7.30. The van der Waals surface area contributed by atoms with Crippen molar-refractivity contribution in [1.29, 1.82) is 0 Å². The van der Waals surface area contributed by atoms with Gasteiger partial charge in [0.1, 0.15) is 11.5 Å². The standard InChI is InChI=1S/C25H26N2O3S/c1-2-15-29-22-12-6-10-20(17-22)24(28)27-25(31)26-21-11-7-13-23(18-21)30-16-14-19-8-4-3-5-9-19/h3-13,17-18H,2,14-16H2,1H3,(H2,26,27,28,31). The summed E-state index contributed by atoms with van der Waals surface area (Å²) in [6.07, 6.45) is 1.73. The lowest BCUT2D eigenvalue weighted by Gasteiger charge is -2.12. The molecule has 3 rings (SSSR count).